The molecule has 0 amide bonds. The Morgan fingerprint density at radius 1 is 1.04 bits per heavy atom. The Bertz CT molecular complexity index is 960. The predicted octanol–water partition coefficient (Wildman–Crippen LogP) is 4.20. The van der Waals surface area contributed by atoms with Gasteiger partial charge < -0.3 is 0 Å². The normalized spacial score (nSPS) is 11.6. The van der Waals surface area contributed by atoms with Crippen LogP contribution in [0.5, 0.6) is 0 Å². The van der Waals surface area contributed by atoms with Crippen LogP contribution in [0.4, 0.5) is 0 Å². The first kappa shape index (κ1) is 18.8. The van der Waals surface area contributed by atoms with Gasteiger partial charge in [0.2, 0.25) is 10.0 Å². The van der Waals surface area contributed by atoms with E-state index in [1.165, 1.54) is 5.56 Å². The lowest BCUT2D eigenvalue weighted by Crippen LogP contribution is -2.26. The summed E-state index contributed by atoms with van der Waals surface area (Å²) in [6, 6.07) is 15.2. The van der Waals surface area contributed by atoms with E-state index in [1.807, 2.05) is 24.4 Å². The van der Waals surface area contributed by atoms with Gasteiger partial charge in [-0.1, -0.05) is 48.9 Å². The summed E-state index contributed by atoms with van der Waals surface area (Å²) < 4.78 is 27.4. The number of nitrogens with zero attached hydrogens (tertiary/aromatic N) is 1. The minimum atomic E-state index is -3.48. The van der Waals surface area contributed by atoms with E-state index in [2.05, 4.69) is 40.9 Å². The Balaban J connectivity index is 1.60. The summed E-state index contributed by atoms with van der Waals surface area (Å²) in [6.45, 7) is 4.42. The van der Waals surface area contributed by atoms with Crippen LogP contribution in [0, 0.1) is 6.92 Å². The summed E-state index contributed by atoms with van der Waals surface area (Å²) in [6.07, 6.45) is 1.45. The van der Waals surface area contributed by atoms with Crippen LogP contribution in [0.3, 0.4) is 0 Å². The fourth-order valence-corrected chi connectivity index (χ4v) is 4.44. The van der Waals surface area contributed by atoms with Gasteiger partial charge in [-0.15, -0.1) is 11.3 Å². The minimum Gasteiger partial charge on any atom is -0.241 e. The molecule has 1 aromatic heterocycles. The molecule has 0 aliphatic carbocycles. The van der Waals surface area contributed by atoms with Gasteiger partial charge in [0, 0.05) is 23.9 Å². The zero-order chi connectivity index (χ0) is 18.6. The summed E-state index contributed by atoms with van der Waals surface area (Å²) in [4.78, 5) is 4.91. The highest BCUT2D eigenvalue weighted by atomic mass is 32.2. The molecule has 136 valence electrons. The first-order valence-electron chi connectivity index (χ1n) is 8.58. The lowest BCUT2D eigenvalue weighted by Gasteiger charge is -2.06. The molecule has 0 saturated heterocycles. The van der Waals surface area contributed by atoms with Gasteiger partial charge in [0.15, 0.2) is 0 Å². The maximum absolute atomic E-state index is 12.4. The lowest BCUT2D eigenvalue weighted by atomic mass is 10.2. The Morgan fingerprint density at radius 2 is 1.73 bits per heavy atom. The number of thiazole rings is 1. The summed E-state index contributed by atoms with van der Waals surface area (Å²) in [5, 5.41) is 2.94. The van der Waals surface area contributed by atoms with Crippen LogP contribution in [-0.2, 0) is 22.9 Å². The number of nitrogens with one attached hydrogen (secondary N) is 1. The Morgan fingerprint density at radius 3 is 2.38 bits per heavy atom. The molecule has 0 radical (unpaired) electrons. The molecular weight excluding hydrogens is 364 g/mol. The number of benzene rings is 2. The lowest BCUT2D eigenvalue weighted by molar-refractivity contribution is 0.581. The highest BCUT2D eigenvalue weighted by molar-refractivity contribution is 7.89. The van der Waals surface area contributed by atoms with Crippen molar-refractivity contribution >= 4 is 21.4 Å². The Labute approximate surface area is 159 Å². The van der Waals surface area contributed by atoms with Crippen molar-refractivity contribution in [2.24, 2.45) is 0 Å². The molecule has 0 aliphatic rings. The van der Waals surface area contributed by atoms with Crippen LogP contribution in [-0.4, -0.2) is 19.9 Å². The van der Waals surface area contributed by atoms with Crippen LogP contribution in [0.1, 0.15) is 23.7 Å². The van der Waals surface area contributed by atoms with Crippen molar-refractivity contribution in [1.82, 2.24) is 9.71 Å². The third-order valence-corrected chi connectivity index (χ3v) is 6.58. The molecule has 0 spiro atoms. The van der Waals surface area contributed by atoms with Gasteiger partial charge >= 0.3 is 0 Å². The van der Waals surface area contributed by atoms with Gasteiger partial charge in [-0.25, -0.2) is 18.1 Å². The van der Waals surface area contributed by atoms with Crippen molar-refractivity contribution in [3.63, 3.8) is 0 Å². The van der Waals surface area contributed by atoms with Crippen molar-refractivity contribution in [3.05, 3.63) is 70.7 Å². The minimum absolute atomic E-state index is 0.299. The fourth-order valence-electron chi connectivity index (χ4n) is 2.55. The number of aryl methyl sites for hydroxylation is 2. The zero-order valence-corrected chi connectivity index (χ0v) is 16.5. The molecule has 0 aliphatic heterocycles. The van der Waals surface area contributed by atoms with Crippen LogP contribution in [0.25, 0.3) is 10.6 Å². The number of aromatic nitrogens is 1. The summed E-state index contributed by atoms with van der Waals surface area (Å²) in [5.41, 5.74) is 4.32. The molecule has 3 rings (SSSR count). The van der Waals surface area contributed by atoms with Gasteiger partial charge in [0.25, 0.3) is 0 Å². The van der Waals surface area contributed by atoms with E-state index >= 15 is 0 Å². The molecule has 1 N–H and O–H groups in total. The molecule has 3 aromatic rings. The van der Waals surface area contributed by atoms with Crippen LogP contribution < -0.4 is 4.72 Å². The molecule has 1 heterocycles. The van der Waals surface area contributed by atoms with Crippen molar-refractivity contribution in [1.29, 1.82) is 0 Å². The molecule has 26 heavy (non-hydrogen) atoms. The molecule has 0 fully saturated rings. The second-order valence-electron chi connectivity index (χ2n) is 6.16. The second-order valence-corrected chi connectivity index (χ2v) is 8.78. The zero-order valence-electron chi connectivity index (χ0n) is 14.9. The van der Waals surface area contributed by atoms with Crippen LogP contribution in [0.15, 0.2) is 58.8 Å². The molecule has 4 nitrogen and oxygen atoms in total. The monoisotopic (exact) mass is 386 g/mol. The van der Waals surface area contributed by atoms with E-state index in [0.717, 1.165) is 28.2 Å². The summed E-state index contributed by atoms with van der Waals surface area (Å²) in [7, 11) is -3.48. The molecular formula is C20H22N2O2S2. The van der Waals surface area contributed by atoms with Crippen LogP contribution in [0.2, 0.25) is 0 Å². The predicted molar refractivity (Wildman–Crippen MR) is 107 cm³/mol. The Kier molecular flexibility index (Phi) is 5.86. The topological polar surface area (TPSA) is 59.1 Å². The number of hydrogen-bond acceptors (Lipinski definition) is 4. The number of hydrogen-bond donors (Lipinski definition) is 1. The number of sulfonamides is 1. The van der Waals surface area contributed by atoms with Crippen molar-refractivity contribution in [2.45, 2.75) is 31.6 Å². The standard InChI is InChI=1S/C20H22N2O2S2/c1-3-16-6-10-19(11-7-16)26(23,24)21-13-12-18-14-25-20(22-18)17-8-4-15(2)5-9-17/h4-11,14,21H,3,12-13H2,1-2H3. The molecule has 0 saturated carbocycles. The highest BCUT2D eigenvalue weighted by Crippen LogP contribution is 2.24. The van der Waals surface area contributed by atoms with E-state index in [0.29, 0.717) is 17.9 Å². The van der Waals surface area contributed by atoms with Gasteiger partial charge in [-0.3, -0.25) is 0 Å². The third-order valence-electron chi connectivity index (χ3n) is 4.17. The van der Waals surface area contributed by atoms with E-state index in [9.17, 15) is 8.42 Å². The Hall–Kier alpha value is -2.02. The molecule has 0 unspecified atom stereocenters. The molecule has 2 aromatic carbocycles. The van der Waals surface area contributed by atoms with Crippen molar-refractivity contribution in [3.8, 4) is 10.6 Å². The maximum atomic E-state index is 12.4. The average Bonchev–Trinajstić information content (AvgIpc) is 3.11. The first-order chi connectivity index (χ1) is 12.5. The molecule has 0 atom stereocenters. The largest absolute Gasteiger partial charge is 0.241 e. The quantitative estimate of drug-likeness (QED) is 0.662. The van der Waals surface area contributed by atoms with Gasteiger partial charge in [-0.05, 0) is 31.0 Å². The second kappa shape index (κ2) is 8.12. The van der Waals surface area contributed by atoms with E-state index < -0.39 is 10.0 Å². The SMILES string of the molecule is CCc1ccc(S(=O)(=O)NCCc2csc(-c3ccc(C)cc3)n2)cc1. The maximum Gasteiger partial charge on any atom is 0.240 e. The van der Waals surface area contributed by atoms with Gasteiger partial charge in [0.1, 0.15) is 5.01 Å². The highest BCUT2D eigenvalue weighted by Gasteiger charge is 2.13. The molecule has 0 bridgehead atoms. The van der Waals surface area contributed by atoms with Crippen molar-refractivity contribution < 1.29 is 8.42 Å². The van der Waals surface area contributed by atoms with Gasteiger partial charge in [0.05, 0.1) is 10.6 Å². The van der Waals surface area contributed by atoms with Crippen molar-refractivity contribution in [2.75, 3.05) is 6.54 Å². The fraction of sp³-hybridized carbons (Fsp3) is 0.250. The van der Waals surface area contributed by atoms with E-state index in [1.54, 1.807) is 23.5 Å². The summed E-state index contributed by atoms with van der Waals surface area (Å²) in [5.74, 6) is 0. The van der Waals surface area contributed by atoms with E-state index in [4.69, 9.17) is 0 Å². The third kappa shape index (κ3) is 4.58. The number of rotatable bonds is 7. The summed E-state index contributed by atoms with van der Waals surface area (Å²) >= 11 is 1.58. The smallest absolute Gasteiger partial charge is 0.240 e. The first-order valence-corrected chi connectivity index (χ1v) is 10.9. The van der Waals surface area contributed by atoms with Crippen LogP contribution >= 0.6 is 11.3 Å². The van der Waals surface area contributed by atoms with E-state index in [-0.39, 0.29) is 0 Å². The van der Waals surface area contributed by atoms with Gasteiger partial charge in [-0.2, -0.15) is 0 Å². The average molecular weight is 387 g/mol. The molecule has 6 heteroatoms.